The Hall–Kier alpha value is -0.970. The first-order valence-corrected chi connectivity index (χ1v) is 3.79. The standard InChI is InChI=1S/C8H13N3O/c9-5-7(12)8(10)6-1-3-11-4-2-6/h1-4,7-8,12H,5,9-10H2. The van der Waals surface area contributed by atoms with Crippen LogP contribution >= 0.6 is 0 Å². The largest absolute Gasteiger partial charge is 0.390 e. The molecule has 4 heteroatoms. The van der Waals surface area contributed by atoms with Gasteiger partial charge in [-0.2, -0.15) is 0 Å². The lowest BCUT2D eigenvalue weighted by Gasteiger charge is -2.16. The molecule has 0 saturated carbocycles. The van der Waals surface area contributed by atoms with Crippen LogP contribution in [0.15, 0.2) is 24.5 Å². The summed E-state index contributed by atoms with van der Waals surface area (Å²) in [5.74, 6) is 0. The third-order valence-electron chi connectivity index (χ3n) is 1.75. The summed E-state index contributed by atoms with van der Waals surface area (Å²) in [6, 6.07) is 3.12. The Balaban J connectivity index is 2.71. The number of aromatic nitrogens is 1. The number of rotatable bonds is 3. The second-order valence-electron chi connectivity index (χ2n) is 2.61. The number of nitrogens with two attached hydrogens (primary N) is 2. The summed E-state index contributed by atoms with van der Waals surface area (Å²) < 4.78 is 0. The molecule has 0 saturated heterocycles. The first-order valence-electron chi connectivity index (χ1n) is 3.79. The van der Waals surface area contributed by atoms with Crippen LogP contribution in [0.4, 0.5) is 0 Å². The van der Waals surface area contributed by atoms with Crippen molar-refractivity contribution in [1.82, 2.24) is 4.98 Å². The lowest BCUT2D eigenvalue weighted by molar-refractivity contribution is 0.153. The monoisotopic (exact) mass is 167 g/mol. The van der Waals surface area contributed by atoms with Gasteiger partial charge in [-0.15, -0.1) is 0 Å². The number of pyridine rings is 1. The van der Waals surface area contributed by atoms with E-state index in [2.05, 4.69) is 4.98 Å². The van der Waals surface area contributed by atoms with Crippen LogP contribution in [-0.2, 0) is 0 Å². The maximum absolute atomic E-state index is 9.31. The van der Waals surface area contributed by atoms with Gasteiger partial charge in [0.1, 0.15) is 0 Å². The Kier molecular flexibility index (Phi) is 3.16. The Labute approximate surface area is 71.2 Å². The molecule has 4 nitrogen and oxygen atoms in total. The predicted molar refractivity (Wildman–Crippen MR) is 46.2 cm³/mol. The van der Waals surface area contributed by atoms with Crippen LogP contribution in [0.25, 0.3) is 0 Å². The lowest BCUT2D eigenvalue weighted by atomic mass is 10.0. The van der Waals surface area contributed by atoms with Crippen molar-refractivity contribution in [3.63, 3.8) is 0 Å². The van der Waals surface area contributed by atoms with Gasteiger partial charge in [0.15, 0.2) is 0 Å². The Bertz CT molecular complexity index is 227. The summed E-state index contributed by atoms with van der Waals surface area (Å²) in [6.45, 7) is 0.170. The van der Waals surface area contributed by atoms with Crippen molar-refractivity contribution in [3.8, 4) is 0 Å². The summed E-state index contributed by atoms with van der Waals surface area (Å²) in [6.07, 6.45) is 2.59. The average Bonchev–Trinajstić information content (AvgIpc) is 2.17. The van der Waals surface area contributed by atoms with E-state index in [9.17, 15) is 5.11 Å². The third kappa shape index (κ3) is 2.01. The predicted octanol–water partition coefficient (Wildman–Crippen LogP) is -0.599. The molecule has 0 radical (unpaired) electrons. The number of nitrogens with zero attached hydrogens (tertiary/aromatic N) is 1. The maximum atomic E-state index is 9.31. The van der Waals surface area contributed by atoms with Gasteiger partial charge in [0.25, 0.3) is 0 Å². The summed E-state index contributed by atoms with van der Waals surface area (Å²) >= 11 is 0. The minimum Gasteiger partial charge on any atom is -0.390 e. The highest BCUT2D eigenvalue weighted by molar-refractivity contribution is 5.15. The molecule has 0 bridgehead atoms. The fraction of sp³-hybridized carbons (Fsp3) is 0.375. The quantitative estimate of drug-likeness (QED) is 0.561. The Morgan fingerprint density at radius 3 is 2.50 bits per heavy atom. The summed E-state index contributed by atoms with van der Waals surface area (Å²) in [5, 5.41) is 9.31. The first-order chi connectivity index (χ1) is 5.75. The van der Waals surface area contributed by atoms with Crippen molar-refractivity contribution >= 4 is 0 Å². The van der Waals surface area contributed by atoms with E-state index < -0.39 is 12.1 Å². The van der Waals surface area contributed by atoms with Gasteiger partial charge in [-0.3, -0.25) is 4.98 Å². The van der Waals surface area contributed by atoms with Gasteiger partial charge in [0.2, 0.25) is 0 Å². The fourth-order valence-electron chi connectivity index (χ4n) is 0.954. The third-order valence-corrected chi connectivity index (χ3v) is 1.75. The van der Waals surface area contributed by atoms with Crippen molar-refractivity contribution in [1.29, 1.82) is 0 Å². The normalized spacial score (nSPS) is 15.6. The van der Waals surface area contributed by atoms with Crippen LogP contribution in [0.2, 0.25) is 0 Å². The van der Waals surface area contributed by atoms with Crippen LogP contribution in [0.1, 0.15) is 11.6 Å². The molecule has 5 N–H and O–H groups in total. The molecule has 12 heavy (non-hydrogen) atoms. The smallest absolute Gasteiger partial charge is 0.0854 e. The topological polar surface area (TPSA) is 85.2 Å². The molecule has 0 amide bonds. The molecule has 0 aliphatic heterocycles. The molecule has 0 aliphatic carbocycles. The van der Waals surface area contributed by atoms with Crippen LogP contribution in [0.5, 0.6) is 0 Å². The molecule has 0 fully saturated rings. The van der Waals surface area contributed by atoms with Crippen molar-refractivity contribution in [2.45, 2.75) is 12.1 Å². The lowest BCUT2D eigenvalue weighted by Crippen LogP contribution is -2.32. The first kappa shape index (κ1) is 9.12. The van der Waals surface area contributed by atoms with E-state index in [0.717, 1.165) is 5.56 Å². The molecule has 0 aliphatic rings. The van der Waals surface area contributed by atoms with Gasteiger partial charge >= 0.3 is 0 Å². The summed E-state index contributed by atoms with van der Waals surface area (Å²) in [7, 11) is 0. The summed E-state index contributed by atoms with van der Waals surface area (Å²) in [4.78, 5) is 3.84. The Morgan fingerprint density at radius 1 is 1.42 bits per heavy atom. The number of hydrogen-bond acceptors (Lipinski definition) is 4. The molecule has 1 aromatic rings. The molecule has 2 atom stereocenters. The highest BCUT2D eigenvalue weighted by atomic mass is 16.3. The van der Waals surface area contributed by atoms with Crippen LogP contribution in [-0.4, -0.2) is 22.7 Å². The van der Waals surface area contributed by atoms with E-state index in [-0.39, 0.29) is 6.54 Å². The SMILES string of the molecule is NCC(O)C(N)c1ccncc1. The van der Waals surface area contributed by atoms with Crippen molar-refractivity contribution in [2.75, 3.05) is 6.54 Å². The molecular formula is C8H13N3O. The van der Waals surface area contributed by atoms with Crippen LogP contribution < -0.4 is 11.5 Å². The maximum Gasteiger partial charge on any atom is 0.0854 e. The van der Waals surface area contributed by atoms with E-state index in [1.165, 1.54) is 0 Å². The van der Waals surface area contributed by atoms with Gasteiger partial charge in [-0.05, 0) is 17.7 Å². The van der Waals surface area contributed by atoms with Gasteiger partial charge in [0, 0.05) is 18.9 Å². The minimum absolute atomic E-state index is 0.170. The van der Waals surface area contributed by atoms with E-state index in [1.54, 1.807) is 24.5 Å². The average molecular weight is 167 g/mol. The zero-order valence-corrected chi connectivity index (χ0v) is 6.72. The second-order valence-corrected chi connectivity index (χ2v) is 2.61. The highest BCUT2D eigenvalue weighted by Gasteiger charge is 2.13. The van der Waals surface area contributed by atoms with E-state index in [4.69, 9.17) is 11.5 Å². The number of aliphatic hydroxyl groups is 1. The summed E-state index contributed by atoms with van der Waals surface area (Å²) in [5.41, 5.74) is 11.8. The van der Waals surface area contributed by atoms with E-state index >= 15 is 0 Å². The zero-order valence-electron chi connectivity index (χ0n) is 6.72. The van der Waals surface area contributed by atoms with Gasteiger partial charge in [0.05, 0.1) is 12.1 Å². The van der Waals surface area contributed by atoms with Crippen LogP contribution in [0, 0.1) is 0 Å². The Morgan fingerprint density at radius 2 is 2.00 bits per heavy atom. The molecule has 1 heterocycles. The fourth-order valence-corrected chi connectivity index (χ4v) is 0.954. The number of hydrogen-bond donors (Lipinski definition) is 3. The molecule has 1 aromatic heterocycles. The molecule has 2 unspecified atom stereocenters. The molecular weight excluding hydrogens is 154 g/mol. The minimum atomic E-state index is -0.688. The molecule has 66 valence electrons. The number of aliphatic hydroxyl groups excluding tert-OH is 1. The zero-order chi connectivity index (χ0) is 8.97. The highest BCUT2D eigenvalue weighted by Crippen LogP contribution is 2.11. The molecule has 0 spiro atoms. The van der Waals surface area contributed by atoms with Crippen LogP contribution in [0.3, 0.4) is 0 Å². The van der Waals surface area contributed by atoms with Gasteiger partial charge in [-0.1, -0.05) is 0 Å². The van der Waals surface area contributed by atoms with E-state index in [0.29, 0.717) is 0 Å². The second kappa shape index (κ2) is 4.15. The van der Waals surface area contributed by atoms with Gasteiger partial charge < -0.3 is 16.6 Å². The van der Waals surface area contributed by atoms with Crippen molar-refractivity contribution in [3.05, 3.63) is 30.1 Å². The van der Waals surface area contributed by atoms with E-state index in [1.807, 2.05) is 0 Å². The van der Waals surface area contributed by atoms with Crippen molar-refractivity contribution in [2.24, 2.45) is 11.5 Å². The molecule has 0 aromatic carbocycles. The molecule has 1 rings (SSSR count). The van der Waals surface area contributed by atoms with Crippen molar-refractivity contribution < 1.29 is 5.11 Å². The van der Waals surface area contributed by atoms with Gasteiger partial charge in [-0.25, -0.2) is 0 Å².